The van der Waals surface area contributed by atoms with Gasteiger partial charge in [-0.1, -0.05) is 35.2 Å². The fourth-order valence-electron chi connectivity index (χ4n) is 1.95. The first-order chi connectivity index (χ1) is 7.79. The lowest BCUT2D eigenvalue weighted by Crippen LogP contribution is -2.15. The fourth-order valence-corrected chi connectivity index (χ4v) is 2.31. The topological polar surface area (TPSA) is 35.8 Å². The second-order valence-electron chi connectivity index (χ2n) is 4.31. The van der Waals surface area contributed by atoms with E-state index in [1.54, 1.807) is 0 Å². The second-order valence-corrected chi connectivity index (χ2v) is 5.23. The molecule has 0 heterocycles. The van der Waals surface area contributed by atoms with E-state index in [0.717, 1.165) is 28.2 Å². The SMILES string of the molecule is N#Cc1ccc(Br)cc1NCCC1CCC1. The first-order valence-corrected chi connectivity index (χ1v) is 6.52. The van der Waals surface area contributed by atoms with Crippen LogP contribution in [0.4, 0.5) is 5.69 Å². The van der Waals surface area contributed by atoms with Crippen LogP contribution in [0.5, 0.6) is 0 Å². The minimum Gasteiger partial charge on any atom is -0.384 e. The predicted molar refractivity (Wildman–Crippen MR) is 69.3 cm³/mol. The number of benzene rings is 1. The summed E-state index contributed by atoms with van der Waals surface area (Å²) in [6.45, 7) is 0.968. The molecule has 0 bridgehead atoms. The summed E-state index contributed by atoms with van der Waals surface area (Å²) in [5, 5.41) is 12.3. The van der Waals surface area contributed by atoms with E-state index >= 15 is 0 Å². The van der Waals surface area contributed by atoms with Crippen LogP contribution >= 0.6 is 15.9 Å². The molecule has 0 amide bonds. The van der Waals surface area contributed by atoms with Gasteiger partial charge in [0, 0.05) is 11.0 Å². The first-order valence-electron chi connectivity index (χ1n) is 5.73. The third kappa shape index (κ3) is 2.76. The Labute approximate surface area is 105 Å². The zero-order valence-electron chi connectivity index (χ0n) is 9.17. The summed E-state index contributed by atoms with van der Waals surface area (Å²) in [5.74, 6) is 0.908. The van der Waals surface area contributed by atoms with Crippen LogP contribution in [0.1, 0.15) is 31.2 Å². The van der Waals surface area contributed by atoms with Gasteiger partial charge in [0.2, 0.25) is 0 Å². The number of nitrogens with zero attached hydrogens (tertiary/aromatic N) is 1. The van der Waals surface area contributed by atoms with E-state index < -0.39 is 0 Å². The molecule has 2 rings (SSSR count). The van der Waals surface area contributed by atoms with Crippen molar-refractivity contribution in [3.8, 4) is 6.07 Å². The molecule has 0 aliphatic heterocycles. The molecule has 1 N–H and O–H groups in total. The minimum atomic E-state index is 0.719. The Hall–Kier alpha value is -1.01. The number of nitrogens with one attached hydrogen (secondary N) is 1. The summed E-state index contributed by atoms with van der Waals surface area (Å²) in [6, 6.07) is 7.92. The minimum absolute atomic E-state index is 0.719. The molecular weight excluding hydrogens is 264 g/mol. The Morgan fingerprint density at radius 1 is 1.44 bits per heavy atom. The van der Waals surface area contributed by atoms with Crippen molar-refractivity contribution in [2.45, 2.75) is 25.7 Å². The summed E-state index contributed by atoms with van der Waals surface area (Å²) in [6.07, 6.45) is 5.37. The summed E-state index contributed by atoms with van der Waals surface area (Å²) in [5.41, 5.74) is 1.66. The van der Waals surface area contributed by atoms with E-state index in [-0.39, 0.29) is 0 Å². The highest BCUT2D eigenvalue weighted by Crippen LogP contribution is 2.29. The van der Waals surface area contributed by atoms with Crippen molar-refractivity contribution in [2.75, 3.05) is 11.9 Å². The van der Waals surface area contributed by atoms with Gasteiger partial charge >= 0.3 is 0 Å². The number of rotatable bonds is 4. The zero-order valence-corrected chi connectivity index (χ0v) is 10.8. The van der Waals surface area contributed by atoms with E-state index in [0.29, 0.717) is 0 Å². The maximum atomic E-state index is 8.97. The van der Waals surface area contributed by atoms with Gasteiger partial charge in [-0.05, 0) is 30.5 Å². The Morgan fingerprint density at radius 3 is 2.88 bits per heavy atom. The molecule has 0 atom stereocenters. The van der Waals surface area contributed by atoms with E-state index in [1.165, 1.54) is 25.7 Å². The highest BCUT2D eigenvalue weighted by Gasteiger charge is 2.16. The van der Waals surface area contributed by atoms with Gasteiger partial charge in [0.15, 0.2) is 0 Å². The lowest BCUT2D eigenvalue weighted by Gasteiger charge is -2.25. The van der Waals surface area contributed by atoms with E-state index in [4.69, 9.17) is 5.26 Å². The van der Waals surface area contributed by atoms with Crippen LogP contribution in [0, 0.1) is 17.2 Å². The quantitative estimate of drug-likeness (QED) is 0.906. The van der Waals surface area contributed by atoms with Crippen LogP contribution in [0.25, 0.3) is 0 Å². The van der Waals surface area contributed by atoms with Crippen LogP contribution in [0.15, 0.2) is 22.7 Å². The third-order valence-electron chi connectivity index (χ3n) is 3.19. The zero-order chi connectivity index (χ0) is 11.4. The average molecular weight is 279 g/mol. The summed E-state index contributed by atoms with van der Waals surface area (Å²) in [7, 11) is 0. The molecule has 0 saturated heterocycles. The number of anilines is 1. The Bertz CT molecular complexity index is 405. The summed E-state index contributed by atoms with van der Waals surface area (Å²) in [4.78, 5) is 0. The van der Waals surface area contributed by atoms with E-state index in [9.17, 15) is 0 Å². The molecule has 16 heavy (non-hydrogen) atoms. The molecule has 1 aliphatic carbocycles. The van der Waals surface area contributed by atoms with Gasteiger partial charge in [-0.3, -0.25) is 0 Å². The number of hydrogen-bond donors (Lipinski definition) is 1. The number of nitriles is 1. The molecule has 1 fully saturated rings. The molecule has 0 aromatic heterocycles. The smallest absolute Gasteiger partial charge is 0.101 e. The average Bonchev–Trinajstić information content (AvgIpc) is 2.22. The van der Waals surface area contributed by atoms with Gasteiger partial charge in [-0.25, -0.2) is 0 Å². The largest absolute Gasteiger partial charge is 0.384 e. The van der Waals surface area contributed by atoms with Gasteiger partial charge in [0.25, 0.3) is 0 Å². The lowest BCUT2D eigenvalue weighted by molar-refractivity contribution is 0.303. The molecule has 2 nitrogen and oxygen atoms in total. The molecule has 84 valence electrons. The molecule has 1 saturated carbocycles. The van der Waals surface area contributed by atoms with Crippen molar-refractivity contribution >= 4 is 21.6 Å². The van der Waals surface area contributed by atoms with Gasteiger partial charge in [0.05, 0.1) is 11.3 Å². The van der Waals surface area contributed by atoms with Crippen LogP contribution < -0.4 is 5.32 Å². The molecule has 1 aliphatic rings. The molecule has 3 heteroatoms. The van der Waals surface area contributed by atoms with Crippen molar-refractivity contribution in [1.82, 2.24) is 0 Å². The van der Waals surface area contributed by atoms with Crippen molar-refractivity contribution in [3.05, 3.63) is 28.2 Å². The summed E-state index contributed by atoms with van der Waals surface area (Å²) >= 11 is 3.42. The van der Waals surface area contributed by atoms with Crippen LogP contribution in [0.3, 0.4) is 0 Å². The van der Waals surface area contributed by atoms with E-state index in [1.807, 2.05) is 18.2 Å². The van der Waals surface area contributed by atoms with Gasteiger partial charge < -0.3 is 5.32 Å². The Morgan fingerprint density at radius 2 is 2.25 bits per heavy atom. The molecule has 0 radical (unpaired) electrons. The van der Waals surface area contributed by atoms with Crippen LogP contribution in [-0.2, 0) is 0 Å². The number of hydrogen-bond acceptors (Lipinski definition) is 2. The van der Waals surface area contributed by atoms with Crippen molar-refractivity contribution < 1.29 is 0 Å². The van der Waals surface area contributed by atoms with Crippen LogP contribution in [-0.4, -0.2) is 6.54 Å². The normalized spacial score (nSPS) is 15.2. The fraction of sp³-hybridized carbons (Fsp3) is 0.462. The summed E-state index contributed by atoms with van der Waals surface area (Å²) < 4.78 is 1.01. The van der Waals surface area contributed by atoms with E-state index in [2.05, 4.69) is 27.3 Å². The number of halogens is 1. The van der Waals surface area contributed by atoms with Gasteiger partial charge in [-0.15, -0.1) is 0 Å². The standard InChI is InChI=1S/C13H15BrN2/c14-12-5-4-11(9-15)13(8-12)16-7-6-10-2-1-3-10/h4-5,8,10,16H,1-3,6-7H2. The Balaban J connectivity index is 1.91. The molecule has 1 aromatic carbocycles. The van der Waals surface area contributed by atoms with Gasteiger partial charge in [0.1, 0.15) is 6.07 Å². The highest BCUT2D eigenvalue weighted by atomic mass is 79.9. The Kier molecular flexibility index (Phi) is 3.84. The molecule has 1 aromatic rings. The maximum Gasteiger partial charge on any atom is 0.101 e. The maximum absolute atomic E-state index is 8.97. The highest BCUT2D eigenvalue weighted by molar-refractivity contribution is 9.10. The molecule has 0 unspecified atom stereocenters. The predicted octanol–water partition coefficient (Wildman–Crippen LogP) is 3.92. The van der Waals surface area contributed by atoms with Gasteiger partial charge in [-0.2, -0.15) is 5.26 Å². The van der Waals surface area contributed by atoms with Crippen molar-refractivity contribution in [2.24, 2.45) is 5.92 Å². The van der Waals surface area contributed by atoms with Crippen LogP contribution in [0.2, 0.25) is 0 Å². The first kappa shape index (κ1) is 11.5. The second kappa shape index (κ2) is 5.36. The van der Waals surface area contributed by atoms with Crippen molar-refractivity contribution in [1.29, 1.82) is 5.26 Å². The molecular formula is C13H15BrN2. The lowest BCUT2D eigenvalue weighted by atomic mass is 9.83. The third-order valence-corrected chi connectivity index (χ3v) is 3.69. The molecule has 0 spiro atoms. The van der Waals surface area contributed by atoms with Crippen molar-refractivity contribution in [3.63, 3.8) is 0 Å². The monoisotopic (exact) mass is 278 g/mol.